The van der Waals surface area contributed by atoms with Crippen molar-refractivity contribution in [2.75, 3.05) is 24.7 Å². The Morgan fingerprint density at radius 1 is 1.10 bits per heavy atom. The van der Waals surface area contributed by atoms with Crippen LogP contribution in [0.3, 0.4) is 0 Å². The van der Waals surface area contributed by atoms with Gasteiger partial charge in [-0.3, -0.25) is 9.59 Å². The zero-order chi connectivity index (χ0) is 22.2. The number of fused-ring (bicyclic) bond motifs is 2. The maximum Gasteiger partial charge on any atom is 0.253 e. The molecule has 164 valence electrons. The van der Waals surface area contributed by atoms with E-state index in [1.165, 1.54) is 18.7 Å². The molecule has 2 aromatic carbocycles. The average molecular weight is 442 g/mol. The van der Waals surface area contributed by atoms with Crippen LogP contribution in [0.1, 0.15) is 53.7 Å². The van der Waals surface area contributed by atoms with Gasteiger partial charge in [0.15, 0.2) is 0 Å². The van der Waals surface area contributed by atoms with Crippen molar-refractivity contribution < 1.29 is 18.4 Å². The minimum atomic E-state index is -3.32. The maximum atomic E-state index is 13.0. The number of sulfonamides is 1. The van der Waals surface area contributed by atoms with Crippen LogP contribution in [0, 0.1) is 0 Å². The highest BCUT2D eigenvalue weighted by Gasteiger charge is 2.47. The molecule has 2 unspecified atom stereocenters. The Hall–Kier alpha value is -2.55. The van der Waals surface area contributed by atoms with Crippen molar-refractivity contribution in [1.29, 1.82) is 0 Å². The van der Waals surface area contributed by atoms with Crippen LogP contribution in [-0.2, 0) is 24.8 Å². The lowest BCUT2D eigenvalue weighted by Crippen LogP contribution is -2.45. The number of hydrogen-bond acceptors (Lipinski definition) is 4. The highest BCUT2D eigenvalue weighted by molar-refractivity contribution is 7.95. The van der Waals surface area contributed by atoms with Gasteiger partial charge in [0.2, 0.25) is 5.91 Å². The van der Waals surface area contributed by atoms with E-state index in [4.69, 9.17) is 0 Å². The van der Waals surface area contributed by atoms with Crippen LogP contribution in [-0.4, -0.2) is 40.6 Å². The van der Waals surface area contributed by atoms with E-state index >= 15 is 0 Å². The van der Waals surface area contributed by atoms with Crippen molar-refractivity contribution in [3.05, 3.63) is 65.2 Å². The molecule has 2 amide bonds. The van der Waals surface area contributed by atoms with E-state index in [1.54, 1.807) is 24.3 Å². The number of carbonyl (C=O) groups is 2. The molecule has 0 bridgehead atoms. The fourth-order valence-electron chi connectivity index (χ4n) is 4.95. The molecule has 1 spiro atoms. The maximum absolute atomic E-state index is 13.0. The molecule has 2 N–H and O–H groups in total. The third kappa shape index (κ3) is 4.56. The zero-order valence-electron chi connectivity index (χ0n) is 17.7. The number of likely N-dealkylation sites (tertiary alicyclic amines) is 1. The lowest BCUT2D eigenvalue weighted by molar-refractivity contribution is -0.114. The van der Waals surface area contributed by atoms with E-state index in [1.807, 2.05) is 23.1 Å². The molecule has 1 aliphatic carbocycles. The third-order valence-electron chi connectivity index (χ3n) is 6.32. The number of piperidine rings is 1. The summed E-state index contributed by atoms with van der Waals surface area (Å²) in [5.41, 5.74) is 3.37. The van der Waals surface area contributed by atoms with Gasteiger partial charge in [0, 0.05) is 36.7 Å². The van der Waals surface area contributed by atoms with Crippen LogP contribution in [0.5, 0.6) is 0 Å². The first kappa shape index (κ1) is 21.7. The summed E-state index contributed by atoms with van der Waals surface area (Å²) in [6.45, 7) is 2.68. The monoisotopic (exact) mass is 441 g/mol. The van der Waals surface area contributed by atoms with Gasteiger partial charge in [0.1, 0.15) is 16.7 Å². The molecular formula is C23H27N3O4S. The van der Waals surface area contributed by atoms with Gasteiger partial charge in [0.05, 0.1) is 6.04 Å². The molecule has 2 atom stereocenters. The van der Waals surface area contributed by atoms with Crippen molar-refractivity contribution in [2.24, 2.45) is 0 Å². The fraction of sp³-hybridized carbons (Fsp3) is 0.391. The molecule has 0 saturated carbocycles. The van der Waals surface area contributed by atoms with E-state index < -0.39 is 10.4 Å². The van der Waals surface area contributed by atoms with Gasteiger partial charge in [-0.2, -0.15) is 0 Å². The van der Waals surface area contributed by atoms with E-state index in [2.05, 4.69) is 16.1 Å². The summed E-state index contributed by atoms with van der Waals surface area (Å²) in [5, 5.41) is 2.70. The number of anilines is 1. The number of nitrogens with zero attached hydrogens (tertiary/aromatic N) is 1. The fourth-order valence-corrected chi connectivity index (χ4v) is 5.68. The van der Waals surface area contributed by atoms with E-state index in [0.29, 0.717) is 30.8 Å². The topological polar surface area (TPSA) is 102 Å². The van der Waals surface area contributed by atoms with Gasteiger partial charge in [-0.15, -0.1) is 4.72 Å². The average Bonchev–Trinajstić information content (AvgIpc) is 3.00. The Morgan fingerprint density at radius 3 is 2.35 bits per heavy atom. The van der Waals surface area contributed by atoms with E-state index in [0.717, 1.165) is 18.4 Å². The highest BCUT2D eigenvalue weighted by Crippen LogP contribution is 2.51. The Balaban J connectivity index is 1.47. The largest absolute Gasteiger partial charge is 0.598 e. The Labute approximate surface area is 183 Å². The minimum Gasteiger partial charge on any atom is -0.598 e. The second-order valence-corrected chi connectivity index (χ2v) is 10.3. The molecule has 8 heteroatoms. The van der Waals surface area contributed by atoms with Crippen molar-refractivity contribution in [3.63, 3.8) is 0 Å². The van der Waals surface area contributed by atoms with Crippen LogP contribution in [0.15, 0.2) is 48.5 Å². The normalized spacial score (nSPS) is 21.4. The molecule has 4 rings (SSSR count). The first-order chi connectivity index (χ1) is 14.7. The summed E-state index contributed by atoms with van der Waals surface area (Å²) in [4.78, 5) is 26.0. The smallest absolute Gasteiger partial charge is 0.253 e. The van der Waals surface area contributed by atoms with Crippen LogP contribution in [0.4, 0.5) is 5.69 Å². The summed E-state index contributed by atoms with van der Waals surface area (Å²) in [7, 11) is -3.32. The number of rotatable bonds is 4. The highest BCUT2D eigenvalue weighted by atomic mass is 32.3. The molecule has 2 aliphatic rings. The van der Waals surface area contributed by atoms with Crippen molar-refractivity contribution in [3.8, 4) is 0 Å². The Morgan fingerprint density at radius 2 is 1.74 bits per heavy atom. The van der Waals surface area contributed by atoms with Gasteiger partial charge >= 0.3 is 0 Å². The summed E-state index contributed by atoms with van der Waals surface area (Å²) in [6, 6.07) is 14.7. The summed E-state index contributed by atoms with van der Waals surface area (Å²) >= 11 is 0. The Bertz CT molecular complexity index is 1040. The number of nitrogens with one attached hydrogen (secondary N) is 2. The SMILES string of the molecule is CC(=O)Nc1ccc(C(=O)N2CCC3(CC2)CC(N[S+](C)(=O)[O-])c2ccccc23)cc1. The van der Waals surface area contributed by atoms with Gasteiger partial charge in [-0.1, -0.05) is 28.5 Å². The molecule has 1 aliphatic heterocycles. The van der Waals surface area contributed by atoms with Crippen molar-refractivity contribution in [1.82, 2.24) is 9.62 Å². The lowest BCUT2D eigenvalue weighted by atomic mass is 9.73. The molecule has 0 radical (unpaired) electrons. The summed E-state index contributed by atoms with van der Waals surface area (Å²) in [6.07, 6.45) is 3.50. The third-order valence-corrected chi connectivity index (χ3v) is 7.03. The van der Waals surface area contributed by atoms with E-state index in [-0.39, 0.29) is 23.3 Å². The van der Waals surface area contributed by atoms with Gasteiger partial charge < -0.3 is 14.8 Å². The Kier molecular flexibility index (Phi) is 5.72. The summed E-state index contributed by atoms with van der Waals surface area (Å²) < 4.78 is 26.5. The molecule has 2 aromatic rings. The minimum absolute atomic E-state index is 0.0266. The van der Waals surface area contributed by atoms with Crippen LogP contribution < -0.4 is 10.0 Å². The quantitative estimate of drug-likeness (QED) is 0.712. The lowest BCUT2D eigenvalue weighted by Gasteiger charge is -2.40. The number of carbonyl (C=O) groups excluding carboxylic acids is 2. The molecule has 31 heavy (non-hydrogen) atoms. The predicted molar refractivity (Wildman–Crippen MR) is 119 cm³/mol. The molecule has 7 nitrogen and oxygen atoms in total. The summed E-state index contributed by atoms with van der Waals surface area (Å²) in [5.74, 6) is -0.178. The second kappa shape index (κ2) is 8.18. The number of hydrogen-bond donors (Lipinski definition) is 2. The zero-order valence-corrected chi connectivity index (χ0v) is 18.5. The molecule has 1 heterocycles. The van der Waals surface area contributed by atoms with Crippen LogP contribution in [0.2, 0.25) is 0 Å². The first-order valence-corrected chi connectivity index (χ1v) is 12.3. The predicted octanol–water partition coefficient (Wildman–Crippen LogP) is 3.03. The van der Waals surface area contributed by atoms with Crippen LogP contribution >= 0.6 is 0 Å². The van der Waals surface area contributed by atoms with Crippen LogP contribution in [0.25, 0.3) is 0 Å². The molecular weight excluding hydrogens is 414 g/mol. The van der Waals surface area contributed by atoms with Gasteiger partial charge in [-0.25, -0.2) is 0 Å². The number of benzene rings is 2. The van der Waals surface area contributed by atoms with Gasteiger partial charge in [0.25, 0.3) is 5.91 Å². The standard InChI is InChI=1S/C23H27N3O4S/c1-16(27)24-18-9-7-17(8-10-18)22(28)26-13-11-23(12-14-26)15-21(25-31(2,29)30)19-5-3-4-6-20(19)23/h3-10,21H,11-15H2,1-2H3,(H2-,24,25,27,28,29,30). The molecule has 1 saturated heterocycles. The molecule has 0 aromatic heterocycles. The number of amides is 2. The van der Waals surface area contributed by atoms with Crippen molar-refractivity contribution in [2.45, 2.75) is 37.6 Å². The molecule has 1 fully saturated rings. The van der Waals surface area contributed by atoms with E-state index in [9.17, 15) is 18.4 Å². The second-order valence-electron chi connectivity index (χ2n) is 8.57. The van der Waals surface area contributed by atoms with Crippen molar-refractivity contribution >= 4 is 27.9 Å². The van der Waals surface area contributed by atoms with Gasteiger partial charge in [-0.05, 0) is 54.7 Å². The first-order valence-electron chi connectivity index (χ1n) is 10.4.